The van der Waals surface area contributed by atoms with E-state index in [1.165, 1.54) is 12.1 Å². The zero-order valence-electron chi connectivity index (χ0n) is 16.6. The molecule has 11 heteroatoms. The third kappa shape index (κ3) is 3.94. The summed E-state index contributed by atoms with van der Waals surface area (Å²) < 4.78 is 12.7. The average Bonchev–Trinajstić information content (AvgIpc) is 3.12. The number of benzene rings is 2. The van der Waals surface area contributed by atoms with Crippen molar-refractivity contribution >= 4 is 37.5 Å². The summed E-state index contributed by atoms with van der Waals surface area (Å²) in [6, 6.07) is 12.1. The number of nitro groups is 1. The molecule has 0 saturated carbocycles. The number of nitro benzene ring substituents is 1. The van der Waals surface area contributed by atoms with Crippen molar-refractivity contribution < 1.29 is 14.4 Å². The Morgan fingerprint density at radius 3 is 2.72 bits per heavy atom. The second-order valence-corrected chi connectivity index (χ2v) is 8.73. The molecule has 32 heavy (non-hydrogen) atoms. The zero-order valence-corrected chi connectivity index (χ0v) is 19.7. The van der Waals surface area contributed by atoms with E-state index >= 15 is 0 Å². The van der Waals surface area contributed by atoms with E-state index < -0.39 is 10.8 Å². The van der Waals surface area contributed by atoms with Crippen LogP contribution in [0.1, 0.15) is 28.3 Å². The minimum absolute atomic E-state index is 0.00112. The number of ether oxygens (including phenoxy) is 2. The number of allylic oxidation sites excluding steroid dienone is 1. The normalized spacial score (nSPS) is 15.0. The molecule has 162 valence electrons. The second-order valence-electron chi connectivity index (χ2n) is 7.02. The van der Waals surface area contributed by atoms with Gasteiger partial charge < -0.3 is 15.2 Å². The topological polar surface area (TPSA) is 140 Å². The van der Waals surface area contributed by atoms with E-state index in [4.69, 9.17) is 15.2 Å². The molecule has 0 unspecified atom stereocenters. The predicted octanol–water partition coefficient (Wildman–Crippen LogP) is 4.95. The first-order valence-electron chi connectivity index (χ1n) is 9.27. The smallest absolute Gasteiger partial charge is 0.269 e. The van der Waals surface area contributed by atoms with Crippen LogP contribution in [0.5, 0.6) is 11.6 Å². The fraction of sp³-hybridized carbons (Fsp3) is 0.143. The summed E-state index contributed by atoms with van der Waals surface area (Å²) in [6.07, 6.45) is 0. The van der Waals surface area contributed by atoms with E-state index in [0.717, 1.165) is 16.8 Å². The van der Waals surface area contributed by atoms with Crippen molar-refractivity contribution in [2.75, 3.05) is 0 Å². The van der Waals surface area contributed by atoms with Crippen molar-refractivity contribution in [3.8, 4) is 17.7 Å². The summed E-state index contributed by atoms with van der Waals surface area (Å²) in [5, 5.41) is 27.7. The molecule has 0 amide bonds. The molecule has 1 atom stereocenters. The fourth-order valence-corrected chi connectivity index (χ4v) is 4.98. The zero-order chi connectivity index (χ0) is 23.0. The first-order valence-corrected chi connectivity index (χ1v) is 10.9. The summed E-state index contributed by atoms with van der Waals surface area (Å²) in [5.74, 6) is 0.393. The van der Waals surface area contributed by atoms with E-state index in [9.17, 15) is 15.4 Å². The second kappa shape index (κ2) is 8.64. The number of nitrogens with zero attached hydrogens (tertiary/aromatic N) is 3. The number of hydrogen-bond donors (Lipinski definition) is 2. The SMILES string of the molecule is Cc1[nH]nc2c1[C@@H](c1cc(Br)c(OCc3cccc([N+](=O)[O-])c3)c(Br)c1)C(C#N)=C(N)O2. The van der Waals surface area contributed by atoms with Crippen molar-refractivity contribution in [2.45, 2.75) is 19.4 Å². The van der Waals surface area contributed by atoms with Crippen LogP contribution in [-0.4, -0.2) is 15.1 Å². The van der Waals surface area contributed by atoms with E-state index in [2.05, 4.69) is 48.1 Å². The van der Waals surface area contributed by atoms with Gasteiger partial charge in [-0.25, -0.2) is 0 Å². The molecule has 0 bridgehead atoms. The Kier molecular flexibility index (Phi) is 5.90. The van der Waals surface area contributed by atoms with Gasteiger partial charge in [0.05, 0.1) is 19.8 Å². The van der Waals surface area contributed by atoms with E-state index in [0.29, 0.717) is 26.1 Å². The molecule has 1 aromatic heterocycles. The quantitative estimate of drug-likeness (QED) is 0.332. The monoisotopic (exact) mass is 559 g/mol. The standard InChI is InChI=1S/C21H15Br2N5O4/c1-10-17-18(14(8-24)20(25)32-21(17)27-26-10)12-6-15(22)19(16(23)7-12)31-9-11-3-2-4-13(5-11)28(29)30/h2-7,18H,9,25H2,1H3,(H,26,27)/t18-/m0/s1. The lowest BCUT2D eigenvalue weighted by atomic mass is 9.84. The van der Waals surface area contributed by atoms with Crippen LogP contribution in [-0.2, 0) is 6.61 Å². The maximum absolute atomic E-state index is 11.0. The molecule has 0 radical (unpaired) electrons. The lowest BCUT2D eigenvalue weighted by Gasteiger charge is -2.24. The summed E-state index contributed by atoms with van der Waals surface area (Å²) in [4.78, 5) is 10.5. The van der Waals surface area contributed by atoms with Crippen molar-refractivity contribution in [2.24, 2.45) is 5.73 Å². The van der Waals surface area contributed by atoms with E-state index in [1.807, 2.05) is 19.1 Å². The number of H-pyrrole nitrogens is 1. The van der Waals surface area contributed by atoms with Gasteiger partial charge in [0.1, 0.15) is 24.0 Å². The van der Waals surface area contributed by atoms with Crippen molar-refractivity contribution in [3.63, 3.8) is 0 Å². The van der Waals surface area contributed by atoms with Crippen LogP contribution in [0, 0.1) is 28.4 Å². The minimum Gasteiger partial charge on any atom is -0.487 e. The number of non-ortho nitro benzene ring substituents is 1. The molecule has 0 saturated heterocycles. The third-order valence-corrected chi connectivity index (χ3v) is 6.17. The van der Waals surface area contributed by atoms with Crippen molar-refractivity contribution in [1.82, 2.24) is 10.2 Å². The van der Waals surface area contributed by atoms with Crippen LogP contribution >= 0.6 is 31.9 Å². The van der Waals surface area contributed by atoms with Crippen LogP contribution < -0.4 is 15.2 Å². The third-order valence-electron chi connectivity index (χ3n) is 4.99. The highest BCUT2D eigenvalue weighted by Crippen LogP contribution is 2.46. The molecule has 0 spiro atoms. The molecule has 1 aliphatic heterocycles. The maximum Gasteiger partial charge on any atom is 0.269 e. The molecular weight excluding hydrogens is 546 g/mol. The summed E-state index contributed by atoms with van der Waals surface area (Å²) in [6.45, 7) is 1.98. The van der Waals surface area contributed by atoms with Gasteiger partial charge in [0.25, 0.3) is 5.69 Å². The number of rotatable bonds is 5. The highest BCUT2D eigenvalue weighted by atomic mass is 79.9. The molecular formula is C21H15Br2N5O4. The molecule has 2 heterocycles. The Hall–Kier alpha value is -3.36. The minimum atomic E-state index is -0.471. The first kappa shape index (κ1) is 21.9. The molecule has 1 aliphatic rings. The van der Waals surface area contributed by atoms with Crippen molar-refractivity contribution in [1.29, 1.82) is 5.26 Å². The van der Waals surface area contributed by atoms with E-state index in [1.54, 1.807) is 12.1 Å². The maximum atomic E-state index is 11.0. The van der Waals surface area contributed by atoms with Gasteiger partial charge in [-0.1, -0.05) is 12.1 Å². The van der Waals surface area contributed by atoms with Gasteiger partial charge in [-0.3, -0.25) is 15.2 Å². The van der Waals surface area contributed by atoms with Gasteiger partial charge in [-0.15, -0.1) is 5.10 Å². The van der Waals surface area contributed by atoms with Crippen LogP contribution in [0.25, 0.3) is 0 Å². The Morgan fingerprint density at radius 2 is 2.06 bits per heavy atom. The number of aromatic amines is 1. The number of hydrogen-bond acceptors (Lipinski definition) is 7. The predicted molar refractivity (Wildman–Crippen MR) is 122 cm³/mol. The summed E-state index contributed by atoms with van der Waals surface area (Å²) >= 11 is 7.07. The number of nitrogens with one attached hydrogen (secondary N) is 1. The van der Waals surface area contributed by atoms with Gasteiger partial charge in [-0.2, -0.15) is 5.26 Å². The fourth-order valence-electron chi connectivity index (χ4n) is 3.53. The van der Waals surface area contributed by atoms with Gasteiger partial charge in [0.2, 0.25) is 11.8 Å². The number of aromatic nitrogens is 2. The summed E-state index contributed by atoms with van der Waals surface area (Å²) in [5.41, 5.74) is 9.20. The van der Waals surface area contributed by atoms with Gasteiger partial charge in [-0.05, 0) is 62.0 Å². The number of aryl methyl sites for hydroxylation is 1. The van der Waals surface area contributed by atoms with Crippen LogP contribution in [0.3, 0.4) is 0 Å². The molecule has 0 fully saturated rings. The van der Waals surface area contributed by atoms with Crippen molar-refractivity contribution in [3.05, 3.63) is 89.3 Å². The molecule has 4 rings (SSSR count). The number of halogens is 2. The largest absolute Gasteiger partial charge is 0.487 e. The van der Waals surface area contributed by atoms with Crippen LogP contribution in [0.4, 0.5) is 5.69 Å². The highest BCUT2D eigenvalue weighted by molar-refractivity contribution is 9.11. The Labute approximate surface area is 199 Å². The number of nitrogens with two attached hydrogens (primary N) is 1. The molecule has 9 nitrogen and oxygen atoms in total. The number of fused-ring (bicyclic) bond motifs is 1. The Morgan fingerprint density at radius 1 is 1.34 bits per heavy atom. The Balaban J connectivity index is 1.68. The van der Waals surface area contributed by atoms with Gasteiger partial charge in [0.15, 0.2) is 0 Å². The van der Waals surface area contributed by atoms with Gasteiger partial charge in [0, 0.05) is 23.4 Å². The highest BCUT2D eigenvalue weighted by Gasteiger charge is 2.34. The Bertz CT molecular complexity index is 1290. The van der Waals surface area contributed by atoms with E-state index in [-0.39, 0.29) is 23.8 Å². The lowest BCUT2D eigenvalue weighted by molar-refractivity contribution is -0.384. The van der Waals surface area contributed by atoms with Crippen LogP contribution in [0.2, 0.25) is 0 Å². The summed E-state index contributed by atoms with van der Waals surface area (Å²) in [7, 11) is 0. The van der Waals surface area contributed by atoms with Crippen LogP contribution in [0.15, 0.2) is 56.8 Å². The molecule has 0 aliphatic carbocycles. The average molecular weight is 561 g/mol. The number of nitriles is 1. The first-order chi connectivity index (χ1) is 15.3. The molecule has 2 aromatic carbocycles. The molecule has 3 N–H and O–H groups in total. The van der Waals surface area contributed by atoms with Gasteiger partial charge >= 0.3 is 0 Å². The molecule has 3 aromatic rings. The lowest BCUT2D eigenvalue weighted by Crippen LogP contribution is -2.21.